The summed E-state index contributed by atoms with van der Waals surface area (Å²) in [5.41, 5.74) is 0. The fraction of sp³-hybridized carbons (Fsp3) is 0.938. The fourth-order valence-electron chi connectivity index (χ4n) is 3.16. The van der Waals surface area contributed by atoms with E-state index in [1.807, 2.05) is 0 Å². The van der Waals surface area contributed by atoms with Crippen molar-refractivity contribution in [3.05, 3.63) is 0 Å². The highest BCUT2D eigenvalue weighted by molar-refractivity contribution is 5.79. The number of hydrogen-bond donors (Lipinski definition) is 1. The van der Waals surface area contributed by atoms with Crippen LogP contribution in [0.2, 0.25) is 0 Å². The van der Waals surface area contributed by atoms with Gasteiger partial charge in [-0.3, -0.25) is 9.69 Å². The average molecular weight is 281 g/mol. The molecular formula is C16H31N3O. The highest BCUT2D eigenvalue weighted by atomic mass is 16.2. The molecule has 2 aliphatic rings. The molecule has 1 saturated carbocycles. The van der Waals surface area contributed by atoms with Gasteiger partial charge >= 0.3 is 0 Å². The first-order chi connectivity index (χ1) is 9.61. The molecule has 1 amide bonds. The molecule has 1 heterocycles. The van der Waals surface area contributed by atoms with Gasteiger partial charge in [0.2, 0.25) is 5.91 Å². The molecule has 0 bridgehead atoms. The molecule has 1 saturated heterocycles. The van der Waals surface area contributed by atoms with E-state index in [9.17, 15) is 4.79 Å². The Labute approximate surface area is 123 Å². The summed E-state index contributed by atoms with van der Waals surface area (Å²) in [6.07, 6.45) is 4.97. The fourth-order valence-corrected chi connectivity index (χ4v) is 3.16. The third kappa shape index (κ3) is 4.45. The van der Waals surface area contributed by atoms with Gasteiger partial charge in [-0.1, -0.05) is 0 Å². The van der Waals surface area contributed by atoms with Crippen molar-refractivity contribution in [3.63, 3.8) is 0 Å². The van der Waals surface area contributed by atoms with Gasteiger partial charge in [-0.05, 0) is 65.5 Å². The van der Waals surface area contributed by atoms with Crippen LogP contribution in [0.1, 0.15) is 46.5 Å². The summed E-state index contributed by atoms with van der Waals surface area (Å²) in [6, 6.07) is 0.983. The van der Waals surface area contributed by atoms with Gasteiger partial charge in [0.25, 0.3) is 0 Å². The maximum atomic E-state index is 12.5. The minimum atomic E-state index is 0.326. The number of carbonyl (C=O) groups excluding carboxylic acids is 1. The molecule has 4 nitrogen and oxygen atoms in total. The van der Waals surface area contributed by atoms with Gasteiger partial charge < -0.3 is 10.2 Å². The van der Waals surface area contributed by atoms with Crippen molar-refractivity contribution < 1.29 is 4.79 Å². The highest BCUT2D eigenvalue weighted by Crippen LogP contribution is 2.26. The topological polar surface area (TPSA) is 35.6 Å². The van der Waals surface area contributed by atoms with E-state index in [1.54, 1.807) is 0 Å². The van der Waals surface area contributed by atoms with Crippen LogP contribution in [0.25, 0.3) is 0 Å². The van der Waals surface area contributed by atoms with E-state index in [1.165, 1.54) is 25.7 Å². The number of carbonyl (C=O) groups is 1. The summed E-state index contributed by atoms with van der Waals surface area (Å²) in [6.45, 7) is 11.3. The number of rotatable bonds is 7. The van der Waals surface area contributed by atoms with Gasteiger partial charge in [0, 0.05) is 25.2 Å². The second-order valence-electron chi connectivity index (χ2n) is 6.65. The predicted octanol–water partition coefficient (Wildman–Crippen LogP) is 1.71. The van der Waals surface area contributed by atoms with Gasteiger partial charge in [0.05, 0.1) is 6.54 Å². The summed E-state index contributed by atoms with van der Waals surface area (Å²) in [5, 5.41) is 3.47. The van der Waals surface area contributed by atoms with Crippen molar-refractivity contribution in [1.82, 2.24) is 15.1 Å². The Hall–Kier alpha value is -0.610. The van der Waals surface area contributed by atoms with Crippen molar-refractivity contribution in [2.45, 2.75) is 58.5 Å². The maximum absolute atomic E-state index is 12.5. The van der Waals surface area contributed by atoms with Crippen LogP contribution in [0, 0.1) is 5.92 Å². The number of piperidine rings is 1. The molecule has 116 valence electrons. The molecule has 1 aliphatic heterocycles. The maximum Gasteiger partial charge on any atom is 0.236 e. The van der Waals surface area contributed by atoms with Crippen LogP contribution in [0.15, 0.2) is 0 Å². The van der Waals surface area contributed by atoms with Crippen LogP contribution in [-0.4, -0.2) is 60.5 Å². The number of nitrogens with one attached hydrogen (secondary N) is 1. The van der Waals surface area contributed by atoms with E-state index < -0.39 is 0 Å². The van der Waals surface area contributed by atoms with Crippen molar-refractivity contribution >= 4 is 5.91 Å². The van der Waals surface area contributed by atoms with Crippen LogP contribution in [0.5, 0.6) is 0 Å². The SMILES string of the molecule is CCN(C(=O)CN(CC1CCCNC1)C(C)C)C1CC1. The van der Waals surface area contributed by atoms with Crippen molar-refractivity contribution in [2.24, 2.45) is 5.92 Å². The zero-order valence-electron chi connectivity index (χ0n) is 13.4. The molecular weight excluding hydrogens is 250 g/mol. The Morgan fingerprint density at radius 2 is 2.05 bits per heavy atom. The summed E-state index contributed by atoms with van der Waals surface area (Å²) < 4.78 is 0. The van der Waals surface area contributed by atoms with E-state index in [-0.39, 0.29) is 0 Å². The van der Waals surface area contributed by atoms with Crippen LogP contribution in [0.3, 0.4) is 0 Å². The normalized spacial score (nSPS) is 23.4. The minimum Gasteiger partial charge on any atom is -0.339 e. The highest BCUT2D eigenvalue weighted by Gasteiger charge is 2.32. The zero-order chi connectivity index (χ0) is 14.5. The van der Waals surface area contributed by atoms with Gasteiger partial charge in [-0.2, -0.15) is 0 Å². The quantitative estimate of drug-likeness (QED) is 0.771. The van der Waals surface area contributed by atoms with E-state index in [0.29, 0.717) is 30.5 Å². The number of likely N-dealkylation sites (N-methyl/N-ethyl adjacent to an activating group) is 1. The molecule has 1 N–H and O–H groups in total. The van der Waals surface area contributed by atoms with Gasteiger partial charge in [-0.25, -0.2) is 0 Å². The molecule has 0 spiro atoms. The third-order valence-electron chi connectivity index (χ3n) is 4.61. The molecule has 1 atom stereocenters. The molecule has 0 radical (unpaired) electrons. The lowest BCUT2D eigenvalue weighted by Gasteiger charge is -2.33. The largest absolute Gasteiger partial charge is 0.339 e. The number of nitrogens with zero attached hydrogens (tertiary/aromatic N) is 2. The molecule has 4 heteroatoms. The Bertz CT molecular complexity index is 309. The van der Waals surface area contributed by atoms with E-state index in [2.05, 4.69) is 35.9 Å². The Morgan fingerprint density at radius 1 is 1.30 bits per heavy atom. The van der Waals surface area contributed by atoms with Crippen molar-refractivity contribution in [3.8, 4) is 0 Å². The molecule has 0 aromatic rings. The van der Waals surface area contributed by atoms with Crippen molar-refractivity contribution in [1.29, 1.82) is 0 Å². The Morgan fingerprint density at radius 3 is 2.55 bits per heavy atom. The first kappa shape index (κ1) is 15.8. The van der Waals surface area contributed by atoms with Gasteiger partial charge in [-0.15, -0.1) is 0 Å². The summed E-state index contributed by atoms with van der Waals surface area (Å²) >= 11 is 0. The molecule has 0 aromatic carbocycles. The Kier molecular flexibility index (Phi) is 5.85. The molecule has 2 rings (SSSR count). The van der Waals surface area contributed by atoms with Crippen LogP contribution >= 0.6 is 0 Å². The van der Waals surface area contributed by atoms with Crippen LogP contribution in [0.4, 0.5) is 0 Å². The zero-order valence-corrected chi connectivity index (χ0v) is 13.4. The average Bonchev–Trinajstić information content (AvgIpc) is 3.24. The smallest absolute Gasteiger partial charge is 0.236 e. The predicted molar refractivity (Wildman–Crippen MR) is 82.7 cm³/mol. The van der Waals surface area contributed by atoms with E-state index in [0.717, 1.165) is 26.2 Å². The van der Waals surface area contributed by atoms with Crippen LogP contribution in [-0.2, 0) is 4.79 Å². The number of hydrogen-bond acceptors (Lipinski definition) is 3. The third-order valence-corrected chi connectivity index (χ3v) is 4.61. The van der Waals surface area contributed by atoms with E-state index in [4.69, 9.17) is 0 Å². The second-order valence-corrected chi connectivity index (χ2v) is 6.65. The monoisotopic (exact) mass is 281 g/mol. The summed E-state index contributed by atoms with van der Waals surface area (Å²) in [7, 11) is 0. The molecule has 1 unspecified atom stereocenters. The molecule has 1 aliphatic carbocycles. The van der Waals surface area contributed by atoms with Gasteiger partial charge in [0.1, 0.15) is 0 Å². The number of amides is 1. The first-order valence-electron chi connectivity index (χ1n) is 8.36. The Balaban J connectivity index is 1.85. The second kappa shape index (κ2) is 7.41. The van der Waals surface area contributed by atoms with Crippen LogP contribution < -0.4 is 5.32 Å². The van der Waals surface area contributed by atoms with E-state index >= 15 is 0 Å². The minimum absolute atomic E-state index is 0.326. The van der Waals surface area contributed by atoms with Crippen molar-refractivity contribution in [2.75, 3.05) is 32.7 Å². The standard InChI is InChI=1S/C16H31N3O/c1-4-19(15-7-8-15)16(20)12-18(13(2)3)11-14-6-5-9-17-10-14/h13-15,17H,4-12H2,1-3H3. The lowest BCUT2D eigenvalue weighted by molar-refractivity contribution is -0.133. The summed E-state index contributed by atoms with van der Waals surface area (Å²) in [5.74, 6) is 1.03. The lowest BCUT2D eigenvalue weighted by atomic mass is 9.98. The molecule has 20 heavy (non-hydrogen) atoms. The van der Waals surface area contributed by atoms with Gasteiger partial charge in [0.15, 0.2) is 0 Å². The summed E-state index contributed by atoms with van der Waals surface area (Å²) in [4.78, 5) is 16.9. The lowest BCUT2D eigenvalue weighted by Crippen LogP contribution is -2.47. The first-order valence-corrected chi connectivity index (χ1v) is 8.36. The molecule has 2 fully saturated rings. The molecule has 0 aromatic heterocycles.